The van der Waals surface area contributed by atoms with Crippen LogP contribution in [-0.4, -0.2) is 50.5 Å². The highest BCUT2D eigenvalue weighted by Crippen LogP contribution is 2.27. The van der Waals surface area contributed by atoms with E-state index >= 15 is 0 Å². The van der Waals surface area contributed by atoms with Crippen LogP contribution < -0.4 is 10.1 Å². The quantitative estimate of drug-likeness (QED) is 0.757. The first-order valence-electron chi connectivity index (χ1n) is 6.27. The number of fused-ring (bicyclic) bond motifs is 2. The molecular formula is C13H19BBrN2O. The Hall–Kier alpha value is -0.515. The van der Waals surface area contributed by atoms with Crippen molar-refractivity contribution in [2.24, 2.45) is 0 Å². The zero-order valence-corrected chi connectivity index (χ0v) is 12.7. The largest absolute Gasteiger partial charge is 0.557 e. The lowest BCUT2D eigenvalue weighted by molar-refractivity contribution is 0.147. The predicted octanol–water partition coefficient (Wildman–Crippen LogP) is 0.957. The minimum atomic E-state index is 0. The van der Waals surface area contributed by atoms with Gasteiger partial charge in [0, 0.05) is 38.3 Å². The van der Waals surface area contributed by atoms with Crippen molar-refractivity contribution < 1.29 is 4.65 Å². The fraction of sp³-hybridized carbons (Fsp3) is 0.538. The molecule has 1 saturated heterocycles. The highest BCUT2D eigenvalue weighted by atomic mass is 79.9. The summed E-state index contributed by atoms with van der Waals surface area (Å²) in [5.74, 6) is 1.08. The van der Waals surface area contributed by atoms with Crippen molar-refractivity contribution in [3.63, 3.8) is 0 Å². The van der Waals surface area contributed by atoms with Crippen molar-refractivity contribution in [1.82, 2.24) is 9.80 Å². The van der Waals surface area contributed by atoms with Crippen LogP contribution in [0.3, 0.4) is 0 Å². The molecule has 3 nitrogen and oxygen atoms in total. The molecule has 2 heterocycles. The van der Waals surface area contributed by atoms with Gasteiger partial charge in [-0.25, -0.2) is 0 Å². The Morgan fingerprint density at radius 1 is 1.22 bits per heavy atom. The summed E-state index contributed by atoms with van der Waals surface area (Å²) in [6.45, 7) is 7.79. The van der Waals surface area contributed by atoms with Gasteiger partial charge in [0.2, 0.25) is 0 Å². The van der Waals surface area contributed by atoms with Crippen molar-refractivity contribution >= 4 is 29.9 Å². The monoisotopic (exact) mass is 309 g/mol. The molecule has 1 fully saturated rings. The summed E-state index contributed by atoms with van der Waals surface area (Å²) in [7, 11) is 4.05. The molecule has 0 aromatic heterocycles. The molecular weight excluding hydrogens is 291 g/mol. The van der Waals surface area contributed by atoms with Crippen molar-refractivity contribution in [2.45, 2.75) is 13.5 Å². The predicted molar refractivity (Wildman–Crippen MR) is 80.3 cm³/mol. The number of nitrogens with zero attached hydrogens (tertiary/aromatic N) is 2. The van der Waals surface area contributed by atoms with Crippen LogP contribution in [0.25, 0.3) is 0 Å². The molecule has 2 aliphatic rings. The minimum Gasteiger partial charge on any atom is -0.557 e. The van der Waals surface area contributed by atoms with Gasteiger partial charge >= 0.3 is 7.48 Å². The summed E-state index contributed by atoms with van der Waals surface area (Å²) < 4.78 is 5.65. The number of likely N-dealkylation sites (N-methyl/N-ethyl adjacent to an activating group) is 1. The zero-order chi connectivity index (χ0) is 11.8. The first kappa shape index (κ1) is 13.9. The van der Waals surface area contributed by atoms with Gasteiger partial charge in [0.15, 0.2) is 0 Å². The summed E-state index contributed by atoms with van der Waals surface area (Å²) in [6, 6.07) is 4.37. The van der Waals surface area contributed by atoms with Gasteiger partial charge in [-0.1, -0.05) is 12.1 Å². The summed E-state index contributed by atoms with van der Waals surface area (Å²) in [6.07, 6.45) is 0. The van der Waals surface area contributed by atoms with Crippen molar-refractivity contribution in [2.75, 3.05) is 33.2 Å². The van der Waals surface area contributed by atoms with E-state index < -0.39 is 0 Å². The smallest absolute Gasteiger partial charge is 0.409 e. The van der Waals surface area contributed by atoms with Crippen LogP contribution in [0.15, 0.2) is 12.1 Å². The van der Waals surface area contributed by atoms with E-state index in [1.165, 1.54) is 29.7 Å². The van der Waals surface area contributed by atoms with Crippen LogP contribution in [0.4, 0.5) is 0 Å². The standard InChI is InChI=1S/C13H18BN2O.BrH/c1-10-12-4-3-11(13(10)17-14-12)9-16-7-5-15(2)6-8-16;/h3-4H,5-9H2,1-2H3;1H. The summed E-state index contributed by atoms with van der Waals surface area (Å²) in [5, 5.41) is 0. The van der Waals surface area contributed by atoms with Gasteiger partial charge in [-0.3, -0.25) is 4.90 Å². The molecule has 2 bridgehead atoms. The first-order chi connectivity index (χ1) is 8.24. The molecule has 18 heavy (non-hydrogen) atoms. The van der Waals surface area contributed by atoms with E-state index in [0.29, 0.717) is 0 Å². The molecule has 0 aliphatic carbocycles. The maximum atomic E-state index is 5.65. The fourth-order valence-corrected chi connectivity index (χ4v) is 2.55. The summed E-state index contributed by atoms with van der Waals surface area (Å²) in [5.41, 5.74) is 3.84. The second-order valence-corrected chi connectivity index (χ2v) is 5.08. The Morgan fingerprint density at radius 2 is 1.94 bits per heavy atom. The number of hydrogen-bond acceptors (Lipinski definition) is 3. The van der Waals surface area contributed by atoms with E-state index in [2.05, 4.69) is 35.9 Å². The van der Waals surface area contributed by atoms with Crippen LogP contribution in [0, 0.1) is 6.92 Å². The number of hydrogen-bond donors (Lipinski definition) is 0. The lowest BCUT2D eigenvalue weighted by Gasteiger charge is -2.32. The molecule has 0 spiro atoms. The molecule has 5 heteroatoms. The zero-order valence-electron chi connectivity index (χ0n) is 11.0. The van der Waals surface area contributed by atoms with Gasteiger partial charge in [-0.15, -0.1) is 17.0 Å². The van der Waals surface area contributed by atoms with Gasteiger partial charge in [0.05, 0.1) is 0 Å². The lowest BCUT2D eigenvalue weighted by atomic mass is 9.87. The van der Waals surface area contributed by atoms with E-state index in [9.17, 15) is 0 Å². The first-order valence-corrected chi connectivity index (χ1v) is 6.27. The topological polar surface area (TPSA) is 15.7 Å². The van der Waals surface area contributed by atoms with E-state index in [1.807, 2.05) is 7.48 Å². The second-order valence-electron chi connectivity index (χ2n) is 5.08. The third-order valence-electron chi connectivity index (χ3n) is 3.82. The third-order valence-corrected chi connectivity index (χ3v) is 3.82. The van der Waals surface area contributed by atoms with Crippen LogP contribution in [0.1, 0.15) is 11.1 Å². The lowest BCUT2D eigenvalue weighted by Crippen LogP contribution is -2.43. The maximum Gasteiger partial charge on any atom is 0.409 e. The van der Waals surface area contributed by atoms with Crippen LogP contribution >= 0.6 is 17.0 Å². The van der Waals surface area contributed by atoms with Crippen LogP contribution in [0.2, 0.25) is 0 Å². The average molecular weight is 310 g/mol. The van der Waals surface area contributed by atoms with Crippen LogP contribution in [-0.2, 0) is 6.54 Å². The van der Waals surface area contributed by atoms with Gasteiger partial charge < -0.3 is 9.55 Å². The van der Waals surface area contributed by atoms with E-state index in [0.717, 1.165) is 25.4 Å². The number of rotatable bonds is 2. The molecule has 0 unspecified atom stereocenters. The number of piperazine rings is 1. The van der Waals surface area contributed by atoms with Gasteiger partial charge in [0.1, 0.15) is 5.75 Å². The van der Waals surface area contributed by atoms with Crippen molar-refractivity contribution in [1.29, 1.82) is 0 Å². The molecule has 1 radical (unpaired) electrons. The van der Waals surface area contributed by atoms with E-state index in [4.69, 9.17) is 4.65 Å². The molecule has 0 saturated carbocycles. The van der Waals surface area contributed by atoms with Gasteiger partial charge in [0.25, 0.3) is 0 Å². The molecule has 0 N–H and O–H groups in total. The number of halogens is 1. The second kappa shape index (κ2) is 5.64. The molecule has 1 aromatic rings. The highest BCUT2D eigenvalue weighted by Gasteiger charge is 2.22. The summed E-state index contributed by atoms with van der Waals surface area (Å²) >= 11 is 0. The summed E-state index contributed by atoms with van der Waals surface area (Å²) in [4.78, 5) is 4.89. The van der Waals surface area contributed by atoms with E-state index in [1.54, 1.807) is 0 Å². The molecule has 3 rings (SSSR count). The Bertz CT molecular complexity index is 433. The fourth-order valence-electron chi connectivity index (χ4n) is 2.55. The van der Waals surface area contributed by atoms with Crippen LogP contribution in [0.5, 0.6) is 5.75 Å². The normalized spacial score (nSPS) is 19.0. The third kappa shape index (κ3) is 2.58. The van der Waals surface area contributed by atoms with Crippen molar-refractivity contribution in [3.8, 4) is 5.75 Å². The van der Waals surface area contributed by atoms with Crippen molar-refractivity contribution in [3.05, 3.63) is 23.3 Å². The van der Waals surface area contributed by atoms with Gasteiger partial charge in [-0.2, -0.15) is 0 Å². The maximum absolute atomic E-state index is 5.65. The molecule has 0 amide bonds. The Kier molecular flexibility index (Phi) is 4.35. The minimum absolute atomic E-state index is 0. The Balaban J connectivity index is 0.00000120. The highest BCUT2D eigenvalue weighted by molar-refractivity contribution is 8.93. The Morgan fingerprint density at radius 3 is 2.67 bits per heavy atom. The SMILES string of the molecule is Br.Cc1c2ccc(CN3CCN(C)CC3)c1O[B]2. The van der Waals surface area contributed by atoms with Gasteiger partial charge in [-0.05, 0) is 25.0 Å². The van der Waals surface area contributed by atoms with E-state index in [-0.39, 0.29) is 17.0 Å². The Labute approximate surface area is 120 Å². The molecule has 97 valence electrons. The average Bonchev–Trinajstić information content (AvgIpc) is 2.57. The molecule has 2 aliphatic heterocycles. The molecule has 1 aromatic carbocycles. The number of benzene rings is 1. The molecule has 0 atom stereocenters.